The quantitative estimate of drug-likeness (QED) is 0.737. The number of esters is 1. The minimum Gasteiger partial charge on any atom is -0.468 e. The normalized spacial score (nSPS) is 19.5. The second-order valence-electron chi connectivity index (χ2n) is 3.57. The number of methoxy groups -OCH3 is 1. The Morgan fingerprint density at radius 2 is 2.33 bits per heavy atom. The Bertz CT molecular complexity index is 392. The van der Waals surface area contributed by atoms with Gasteiger partial charge in [0.05, 0.1) is 7.11 Å². The van der Waals surface area contributed by atoms with Gasteiger partial charge in [0.15, 0.2) is 0 Å². The maximum absolute atomic E-state index is 11.3. The molecule has 0 radical (unpaired) electrons. The van der Waals surface area contributed by atoms with E-state index in [1.54, 1.807) is 0 Å². The van der Waals surface area contributed by atoms with Crippen LogP contribution in [-0.2, 0) is 22.5 Å². The maximum atomic E-state index is 11.3. The van der Waals surface area contributed by atoms with Crippen LogP contribution < -0.4 is 5.32 Å². The number of nitrogens with one attached hydrogen (secondary N) is 1. The summed E-state index contributed by atoms with van der Waals surface area (Å²) in [6.45, 7) is 0.687. The molecule has 0 saturated heterocycles. The lowest BCUT2D eigenvalue weighted by molar-refractivity contribution is -0.143. The molecule has 4 heteroatoms. The highest BCUT2D eigenvalue weighted by atomic mass is 35.5. The van der Waals surface area contributed by atoms with Gasteiger partial charge in [-0.3, -0.25) is 4.79 Å². The van der Waals surface area contributed by atoms with E-state index in [-0.39, 0.29) is 12.0 Å². The van der Waals surface area contributed by atoms with Crippen LogP contribution in [0.15, 0.2) is 18.2 Å². The monoisotopic (exact) mass is 225 g/mol. The fraction of sp³-hybridized carbons (Fsp3) is 0.364. The molecule has 1 aromatic carbocycles. The summed E-state index contributed by atoms with van der Waals surface area (Å²) in [5, 5.41) is 3.84. The topological polar surface area (TPSA) is 38.3 Å². The molecule has 1 unspecified atom stereocenters. The van der Waals surface area contributed by atoms with E-state index in [9.17, 15) is 4.79 Å². The van der Waals surface area contributed by atoms with Crippen LogP contribution in [0.4, 0.5) is 0 Å². The van der Waals surface area contributed by atoms with Crippen LogP contribution in [0.2, 0.25) is 5.02 Å². The first-order valence-corrected chi connectivity index (χ1v) is 5.17. The molecule has 0 amide bonds. The van der Waals surface area contributed by atoms with Crippen molar-refractivity contribution in [2.24, 2.45) is 0 Å². The second-order valence-corrected chi connectivity index (χ2v) is 4.01. The molecular formula is C11H12ClNO2. The van der Waals surface area contributed by atoms with Crippen molar-refractivity contribution in [3.63, 3.8) is 0 Å². The van der Waals surface area contributed by atoms with Crippen molar-refractivity contribution in [1.82, 2.24) is 5.32 Å². The molecule has 3 nitrogen and oxygen atoms in total. The highest BCUT2D eigenvalue weighted by molar-refractivity contribution is 6.30. The lowest BCUT2D eigenvalue weighted by atomic mass is 9.96. The average molecular weight is 226 g/mol. The zero-order valence-electron chi connectivity index (χ0n) is 8.42. The predicted octanol–water partition coefficient (Wildman–Crippen LogP) is 1.53. The van der Waals surface area contributed by atoms with E-state index in [1.807, 2.05) is 18.2 Å². The van der Waals surface area contributed by atoms with Gasteiger partial charge in [0.25, 0.3) is 0 Å². The summed E-state index contributed by atoms with van der Waals surface area (Å²) in [4.78, 5) is 11.3. The molecule has 0 bridgehead atoms. The van der Waals surface area contributed by atoms with Crippen molar-refractivity contribution >= 4 is 17.6 Å². The van der Waals surface area contributed by atoms with E-state index in [0.29, 0.717) is 18.0 Å². The summed E-state index contributed by atoms with van der Waals surface area (Å²) >= 11 is 5.90. The van der Waals surface area contributed by atoms with Crippen molar-refractivity contribution in [2.45, 2.75) is 19.0 Å². The van der Waals surface area contributed by atoms with Gasteiger partial charge >= 0.3 is 5.97 Å². The molecule has 0 fully saturated rings. The summed E-state index contributed by atoms with van der Waals surface area (Å²) in [6, 6.07) is 5.51. The zero-order chi connectivity index (χ0) is 10.8. The molecule has 1 heterocycles. The van der Waals surface area contributed by atoms with E-state index in [0.717, 1.165) is 5.56 Å². The number of benzene rings is 1. The Morgan fingerprint density at radius 3 is 3.07 bits per heavy atom. The summed E-state index contributed by atoms with van der Waals surface area (Å²) in [6.07, 6.45) is 0.641. The van der Waals surface area contributed by atoms with Gasteiger partial charge in [-0.15, -0.1) is 0 Å². The van der Waals surface area contributed by atoms with Crippen molar-refractivity contribution in [2.75, 3.05) is 7.11 Å². The Labute approximate surface area is 93.4 Å². The predicted molar refractivity (Wildman–Crippen MR) is 57.8 cm³/mol. The Morgan fingerprint density at radius 1 is 1.53 bits per heavy atom. The number of carbonyl (C=O) groups is 1. The molecule has 0 spiro atoms. The summed E-state index contributed by atoms with van der Waals surface area (Å²) in [5.41, 5.74) is 2.32. The van der Waals surface area contributed by atoms with Gasteiger partial charge in [0, 0.05) is 11.6 Å². The fourth-order valence-electron chi connectivity index (χ4n) is 1.79. The molecule has 1 atom stereocenters. The molecule has 0 aromatic heterocycles. The first kappa shape index (κ1) is 10.5. The van der Waals surface area contributed by atoms with Gasteiger partial charge in [-0.1, -0.05) is 17.7 Å². The molecule has 0 aliphatic carbocycles. The third kappa shape index (κ3) is 2.13. The van der Waals surface area contributed by atoms with E-state index in [4.69, 9.17) is 16.3 Å². The molecule has 15 heavy (non-hydrogen) atoms. The van der Waals surface area contributed by atoms with Gasteiger partial charge in [-0.25, -0.2) is 0 Å². The summed E-state index contributed by atoms with van der Waals surface area (Å²) in [7, 11) is 1.40. The molecule has 1 aliphatic rings. The summed E-state index contributed by atoms with van der Waals surface area (Å²) < 4.78 is 4.70. The van der Waals surface area contributed by atoms with Crippen LogP contribution >= 0.6 is 11.6 Å². The Kier molecular flexibility index (Phi) is 2.93. The molecule has 0 saturated carbocycles. The average Bonchev–Trinajstić information content (AvgIpc) is 2.27. The second kappa shape index (κ2) is 4.21. The third-order valence-corrected chi connectivity index (χ3v) is 2.85. The SMILES string of the molecule is COC(=O)C1Cc2cc(Cl)ccc2CN1. The number of hydrogen-bond donors (Lipinski definition) is 1. The molecule has 1 aromatic rings. The molecule has 1 aliphatic heterocycles. The number of halogens is 1. The molecule has 2 rings (SSSR count). The third-order valence-electron chi connectivity index (χ3n) is 2.62. The van der Waals surface area contributed by atoms with Crippen LogP contribution in [0.3, 0.4) is 0 Å². The first-order valence-electron chi connectivity index (χ1n) is 4.79. The Hall–Kier alpha value is -1.06. The van der Waals surface area contributed by atoms with Crippen LogP contribution in [0.1, 0.15) is 11.1 Å². The molecule has 80 valence electrons. The number of fused-ring (bicyclic) bond motifs is 1. The highest BCUT2D eigenvalue weighted by Crippen LogP contribution is 2.21. The van der Waals surface area contributed by atoms with Crippen LogP contribution in [0.5, 0.6) is 0 Å². The molecule has 1 N–H and O–H groups in total. The van der Waals surface area contributed by atoms with Crippen molar-refractivity contribution in [3.05, 3.63) is 34.3 Å². The first-order chi connectivity index (χ1) is 7.20. The summed E-state index contributed by atoms with van der Waals surface area (Å²) in [5.74, 6) is -0.222. The van der Waals surface area contributed by atoms with E-state index < -0.39 is 0 Å². The fourth-order valence-corrected chi connectivity index (χ4v) is 1.99. The van der Waals surface area contributed by atoms with Gasteiger partial charge in [-0.05, 0) is 29.7 Å². The maximum Gasteiger partial charge on any atom is 0.323 e. The lowest BCUT2D eigenvalue weighted by Gasteiger charge is -2.24. The number of rotatable bonds is 1. The number of ether oxygens (including phenoxy) is 1. The van der Waals surface area contributed by atoms with Crippen LogP contribution in [-0.4, -0.2) is 19.1 Å². The van der Waals surface area contributed by atoms with Crippen molar-refractivity contribution in [1.29, 1.82) is 0 Å². The van der Waals surface area contributed by atoms with Gasteiger partial charge < -0.3 is 10.1 Å². The van der Waals surface area contributed by atoms with Gasteiger partial charge in [-0.2, -0.15) is 0 Å². The van der Waals surface area contributed by atoms with E-state index in [2.05, 4.69) is 5.32 Å². The van der Waals surface area contributed by atoms with Crippen molar-refractivity contribution < 1.29 is 9.53 Å². The minimum absolute atomic E-state index is 0.222. The smallest absolute Gasteiger partial charge is 0.323 e. The van der Waals surface area contributed by atoms with Crippen LogP contribution in [0.25, 0.3) is 0 Å². The van der Waals surface area contributed by atoms with E-state index >= 15 is 0 Å². The molecular weight excluding hydrogens is 214 g/mol. The van der Waals surface area contributed by atoms with Gasteiger partial charge in [0.2, 0.25) is 0 Å². The van der Waals surface area contributed by atoms with Crippen molar-refractivity contribution in [3.8, 4) is 0 Å². The lowest BCUT2D eigenvalue weighted by Crippen LogP contribution is -2.42. The van der Waals surface area contributed by atoms with E-state index in [1.165, 1.54) is 12.7 Å². The zero-order valence-corrected chi connectivity index (χ0v) is 9.17. The van der Waals surface area contributed by atoms with Gasteiger partial charge in [0.1, 0.15) is 6.04 Å². The Balaban J connectivity index is 2.22. The minimum atomic E-state index is -0.249. The van der Waals surface area contributed by atoms with Crippen LogP contribution in [0, 0.1) is 0 Å². The number of hydrogen-bond acceptors (Lipinski definition) is 3. The highest BCUT2D eigenvalue weighted by Gasteiger charge is 2.24. The standard InChI is InChI=1S/C11H12ClNO2/c1-15-11(14)10-5-8-4-9(12)3-2-7(8)6-13-10/h2-4,10,13H,5-6H2,1H3. The largest absolute Gasteiger partial charge is 0.468 e. The number of carbonyl (C=O) groups excluding carboxylic acids is 1.